The molecule has 0 saturated carbocycles. The number of rotatable bonds is 9. The number of benzene rings is 2. The lowest BCUT2D eigenvalue weighted by molar-refractivity contribution is 0.0496. The van der Waals surface area contributed by atoms with Crippen LogP contribution in [0.2, 0.25) is 0 Å². The zero-order valence-electron chi connectivity index (χ0n) is 22.1. The molecule has 1 fully saturated rings. The molecule has 1 aliphatic heterocycles. The van der Waals surface area contributed by atoms with Crippen LogP contribution in [0.15, 0.2) is 71.9 Å². The SMILES string of the molecule is C=C(Cc1ccc(F)cc1)N=C(C)C1CCN(CCC(NC(=O)OC(C)(C)C)c2ccccc2)CC1. The molecule has 36 heavy (non-hydrogen) atoms. The highest BCUT2D eigenvalue weighted by molar-refractivity contribution is 5.85. The molecule has 0 bridgehead atoms. The van der Waals surface area contributed by atoms with Crippen LogP contribution in [-0.2, 0) is 11.2 Å². The maximum atomic E-state index is 13.1. The first kappa shape index (κ1) is 27.6. The van der Waals surface area contributed by atoms with E-state index in [2.05, 4.69) is 23.7 Å². The van der Waals surface area contributed by atoms with Gasteiger partial charge in [0.15, 0.2) is 0 Å². The second kappa shape index (κ2) is 12.8. The second-order valence-corrected chi connectivity index (χ2v) is 10.6. The predicted molar refractivity (Wildman–Crippen MR) is 145 cm³/mol. The van der Waals surface area contributed by atoms with Crippen LogP contribution in [0.3, 0.4) is 0 Å². The van der Waals surface area contributed by atoms with Gasteiger partial charge in [0.1, 0.15) is 11.4 Å². The van der Waals surface area contributed by atoms with Gasteiger partial charge in [-0.05, 0) is 89.2 Å². The van der Waals surface area contributed by atoms with E-state index in [1.54, 1.807) is 12.1 Å². The molecule has 0 radical (unpaired) electrons. The fourth-order valence-corrected chi connectivity index (χ4v) is 4.56. The van der Waals surface area contributed by atoms with Crippen molar-refractivity contribution in [2.75, 3.05) is 19.6 Å². The average molecular weight is 494 g/mol. The molecule has 3 rings (SSSR count). The number of likely N-dealkylation sites (tertiary alicyclic amines) is 1. The van der Waals surface area contributed by atoms with Crippen molar-refractivity contribution >= 4 is 11.8 Å². The van der Waals surface area contributed by atoms with Gasteiger partial charge in [0.25, 0.3) is 0 Å². The van der Waals surface area contributed by atoms with Crippen LogP contribution in [0.1, 0.15) is 64.1 Å². The number of halogens is 1. The number of carbonyl (C=O) groups is 1. The van der Waals surface area contributed by atoms with Crippen LogP contribution in [0, 0.1) is 11.7 Å². The smallest absolute Gasteiger partial charge is 0.408 e. The Hall–Kier alpha value is -2.99. The van der Waals surface area contributed by atoms with Crippen molar-refractivity contribution < 1.29 is 13.9 Å². The van der Waals surface area contributed by atoms with Gasteiger partial charge in [-0.25, -0.2) is 9.18 Å². The van der Waals surface area contributed by atoms with Gasteiger partial charge >= 0.3 is 6.09 Å². The maximum absolute atomic E-state index is 13.1. The largest absolute Gasteiger partial charge is 0.444 e. The number of allylic oxidation sites excluding steroid dienone is 1. The van der Waals surface area contributed by atoms with Gasteiger partial charge in [-0.2, -0.15) is 0 Å². The van der Waals surface area contributed by atoms with E-state index in [0.29, 0.717) is 12.3 Å². The third-order valence-electron chi connectivity index (χ3n) is 6.46. The summed E-state index contributed by atoms with van der Waals surface area (Å²) in [5.74, 6) is 0.211. The number of amides is 1. The fourth-order valence-electron chi connectivity index (χ4n) is 4.56. The number of piperidine rings is 1. The van der Waals surface area contributed by atoms with Crippen LogP contribution in [0.25, 0.3) is 0 Å². The summed E-state index contributed by atoms with van der Waals surface area (Å²) in [5, 5.41) is 3.06. The first-order valence-electron chi connectivity index (χ1n) is 12.8. The Kier molecular flexibility index (Phi) is 9.82. The highest BCUT2D eigenvalue weighted by Crippen LogP contribution is 2.23. The quantitative estimate of drug-likeness (QED) is 0.395. The number of nitrogens with zero attached hydrogens (tertiary/aromatic N) is 2. The zero-order chi connectivity index (χ0) is 26.1. The Morgan fingerprint density at radius 2 is 1.78 bits per heavy atom. The minimum absolute atomic E-state index is 0.100. The van der Waals surface area contributed by atoms with E-state index in [4.69, 9.17) is 9.73 Å². The highest BCUT2D eigenvalue weighted by atomic mass is 19.1. The van der Waals surface area contributed by atoms with Gasteiger partial charge in [-0.3, -0.25) is 4.99 Å². The summed E-state index contributed by atoms with van der Waals surface area (Å²) >= 11 is 0. The molecule has 1 heterocycles. The molecule has 1 atom stereocenters. The summed E-state index contributed by atoms with van der Waals surface area (Å²) < 4.78 is 18.6. The van der Waals surface area contributed by atoms with Crippen LogP contribution in [-0.4, -0.2) is 41.9 Å². The van der Waals surface area contributed by atoms with Crippen molar-refractivity contribution in [3.8, 4) is 0 Å². The first-order valence-corrected chi connectivity index (χ1v) is 12.8. The van der Waals surface area contributed by atoms with E-state index in [-0.39, 0.29) is 18.0 Å². The van der Waals surface area contributed by atoms with E-state index < -0.39 is 5.60 Å². The van der Waals surface area contributed by atoms with Gasteiger partial charge in [0.2, 0.25) is 0 Å². The van der Waals surface area contributed by atoms with Gasteiger partial charge in [0, 0.05) is 24.4 Å². The molecule has 1 unspecified atom stereocenters. The summed E-state index contributed by atoms with van der Waals surface area (Å²) in [6, 6.07) is 16.5. The number of hydrogen-bond acceptors (Lipinski definition) is 4. The Labute approximate surface area is 215 Å². The van der Waals surface area contributed by atoms with E-state index >= 15 is 0 Å². The molecule has 194 valence electrons. The van der Waals surface area contributed by atoms with Gasteiger partial charge in [-0.15, -0.1) is 0 Å². The third-order valence-corrected chi connectivity index (χ3v) is 6.46. The number of hydrogen-bond donors (Lipinski definition) is 1. The Morgan fingerprint density at radius 3 is 2.39 bits per heavy atom. The lowest BCUT2D eigenvalue weighted by atomic mass is 9.92. The maximum Gasteiger partial charge on any atom is 0.408 e. The van der Waals surface area contributed by atoms with Gasteiger partial charge in [0.05, 0.1) is 6.04 Å². The lowest BCUT2D eigenvalue weighted by Gasteiger charge is -2.33. The average Bonchev–Trinajstić information content (AvgIpc) is 2.83. The van der Waals surface area contributed by atoms with Crippen LogP contribution in [0.5, 0.6) is 0 Å². The Bertz CT molecular complexity index is 1020. The molecule has 2 aromatic carbocycles. The molecule has 5 nitrogen and oxygen atoms in total. The second-order valence-electron chi connectivity index (χ2n) is 10.6. The molecule has 0 spiro atoms. The van der Waals surface area contributed by atoms with Crippen molar-refractivity contribution in [3.05, 3.63) is 83.8 Å². The predicted octanol–water partition coefficient (Wildman–Crippen LogP) is 6.71. The summed E-state index contributed by atoms with van der Waals surface area (Å²) in [6.45, 7) is 14.7. The summed E-state index contributed by atoms with van der Waals surface area (Å²) in [6.07, 6.45) is 3.16. The highest BCUT2D eigenvalue weighted by Gasteiger charge is 2.24. The molecule has 1 aliphatic rings. The monoisotopic (exact) mass is 493 g/mol. The van der Waals surface area contributed by atoms with Crippen LogP contribution in [0.4, 0.5) is 9.18 Å². The van der Waals surface area contributed by atoms with Crippen molar-refractivity contribution in [1.29, 1.82) is 0 Å². The normalized spacial score (nSPS) is 16.4. The van der Waals surface area contributed by atoms with Crippen molar-refractivity contribution in [3.63, 3.8) is 0 Å². The number of ether oxygens (including phenoxy) is 1. The van der Waals surface area contributed by atoms with E-state index in [1.807, 2.05) is 51.1 Å². The minimum atomic E-state index is -0.531. The molecule has 0 aromatic heterocycles. The van der Waals surface area contributed by atoms with Crippen molar-refractivity contribution in [1.82, 2.24) is 10.2 Å². The topological polar surface area (TPSA) is 53.9 Å². The molecule has 0 aliphatic carbocycles. The number of carbonyl (C=O) groups excluding carboxylic acids is 1. The minimum Gasteiger partial charge on any atom is -0.444 e. The van der Waals surface area contributed by atoms with E-state index in [9.17, 15) is 9.18 Å². The third kappa shape index (κ3) is 9.23. The first-order chi connectivity index (χ1) is 17.1. The molecule has 6 heteroatoms. The van der Waals surface area contributed by atoms with Gasteiger partial charge in [-0.1, -0.05) is 49.0 Å². The fraction of sp³-hybridized carbons (Fsp3) is 0.467. The molecular formula is C30H40FN3O2. The van der Waals surface area contributed by atoms with Crippen molar-refractivity contribution in [2.45, 2.75) is 65.0 Å². The summed E-state index contributed by atoms with van der Waals surface area (Å²) in [5.41, 5.74) is 3.49. The lowest BCUT2D eigenvalue weighted by Crippen LogP contribution is -2.39. The standard InChI is InChI=1S/C30H40FN3O2/c1-22(21-24-11-13-27(31)14-12-24)32-23(2)25-15-18-34(19-16-25)20-17-28(26-9-7-6-8-10-26)33-29(35)36-30(3,4)5/h6-14,25,28H,1,15-21H2,2-5H3,(H,33,35). The Balaban J connectivity index is 1.49. The molecule has 1 saturated heterocycles. The molecule has 2 aromatic rings. The summed E-state index contributed by atoms with van der Waals surface area (Å²) in [7, 11) is 0. The Morgan fingerprint density at radius 1 is 1.14 bits per heavy atom. The van der Waals surface area contributed by atoms with Crippen LogP contribution < -0.4 is 5.32 Å². The number of alkyl carbamates (subject to hydrolysis) is 1. The van der Waals surface area contributed by atoms with Crippen LogP contribution >= 0.6 is 0 Å². The number of nitrogens with one attached hydrogen (secondary N) is 1. The summed E-state index contributed by atoms with van der Waals surface area (Å²) in [4.78, 5) is 19.7. The van der Waals surface area contributed by atoms with Gasteiger partial charge < -0.3 is 15.0 Å². The zero-order valence-corrected chi connectivity index (χ0v) is 22.1. The molecule has 1 amide bonds. The van der Waals surface area contributed by atoms with Crippen molar-refractivity contribution in [2.24, 2.45) is 10.9 Å². The molecular weight excluding hydrogens is 453 g/mol. The molecule has 1 N–H and O–H groups in total. The van der Waals surface area contributed by atoms with E-state index in [0.717, 1.165) is 61.4 Å². The van der Waals surface area contributed by atoms with E-state index in [1.165, 1.54) is 12.1 Å². The number of aliphatic imine (C=N–C) groups is 1.